The van der Waals surface area contributed by atoms with E-state index in [1.807, 2.05) is 18.2 Å². The molecule has 1 aromatic heterocycles. The number of hydrogen-bond acceptors (Lipinski definition) is 6. The molecule has 0 aromatic carbocycles. The topological polar surface area (TPSA) is 75.4 Å². The lowest BCUT2D eigenvalue weighted by atomic mass is 10.3. The minimum Gasteiger partial charge on any atom is -0.374 e. The number of hydrogen-bond donors (Lipinski definition) is 3. The van der Waals surface area contributed by atoms with E-state index in [1.165, 1.54) is 0 Å². The number of nitrogens with two attached hydrogens (primary N) is 1. The van der Waals surface area contributed by atoms with Crippen molar-refractivity contribution in [3.05, 3.63) is 18.2 Å². The lowest BCUT2D eigenvalue weighted by Crippen LogP contribution is -2.43. The van der Waals surface area contributed by atoms with Gasteiger partial charge >= 0.3 is 0 Å². The van der Waals surface area contributed by atoms with Crippen LogP contribution in [0, 0.1) is 0 Å². The highest BCUT2D eigenvalue weighted by molar-refractivity contribution is 5.44. The van der Waals surface area contributed by atoms with Crippen molar-refractivity contribution < 1.29 is 4.74 Å². The fourth-order valence-corrected chi connectivity index (χ4v) is 1.82. The summed E-state index contributed by atoms with van der Waals surface area (Å²) in [7, 11) is 2.10. The van der Waals surface area contributed by atoms with Gasteiger partial charge < -0.3 is 20.4 Å². The molecule has 1 atom stereocenters. The zero-order valence-corrected chi connectivity index (χ0v) is 10.0. The van der Waals surface area contributed by atoms with Gasteiger partial charge in [-0.15, -0.1) is 0 Å². The van der Waals surface area contributed by atoms with Gasteiger partial charge in [0.2, 0.25) is 0 Å². The van der Waals surface area contributed by atoms with E-state index in [0.29, 0.717) is 5.82 Å². The average molecular weight is 237 g/mol. The Morgan fingerprint density at radius 1 is 1.53 bits per heavy atom. The van der Waals surface area contributed by atoms with Gasteiger partial charge in [0, 0.05) is 19.6 Å². The maximum Gasteiger partial charge on any atom is 0.142 e. The number of pyridine rings is 1. The number of nitrogens with one attached hydrogen (secondary N) is 2. The summed E-state index contributed by atoms with van der Waals surface area (Å²) in [5.41, 5.74) is 2.52. The van der Waals surface area contributed by atoms with Crippen molar-refractivity contribution in [2.24, 2.45) is 5.84 Å². The summed E-state index contributed by atoms with van der Waals surface area (Å²) < 4.78 is 5.65. The predicted octanol–water partition coefficient (Wildman–Crippen LogP) is 0.110. The molecule has 6 heteroatoms. The SMILES string of the molecule is CN1CCOC(CNc2cccc(NN)n2)C1. The van der Waals surface area contributed by atoms with Gasteiger partial charge in [0.1, 0.15) is 11.6 Å². The molecule has 94 valence electrons. The first-order valence-electron chi connectivity index (χ1n) is 5.75. The standard InChI is InChI=1S/C11H19N5O/c1-16-5-6-17-9(8-16)7-13-10-3-2-4-11(14-10)15-12/h2-4,9H,5-8,12H2,1H3,(H2,13,14,15). The van der Waals surface area contributed by atoms with Crippen LogP contribution in [0.2, 0.25) is 0 Å². The Morgan fingerprint density at radius 2 is 2.35 bits per heavy atom. The van der Waals surface area contributed by atoms with E-state index in [-0.39, 0.29) is 6.10 Å². The number of nitrogen functional groups attached to an aromatic ring is 1. The Bertz CT molecular complexity index is 359. The molecule has 2 heterocycles. The normalized spacial score (nSPS) is 21.2. The van der Waals surface area contributed by atoms with Crippen LogP contribution in [0.1, 0.15) is 0 Å². The van der Waals surface area contributed by atoms with Crippen molar-refractivity contribution in [3.8, 4) is 0 Å². The third-order valence-corrected chi connectivity index (χ3v) is 2.75. The third kappa shape index (κ3) is 3.55. The zero-order chi connectivity index (χ0) is 12.1. The van der Waals surface area contributed by atoms with E-state index >= 15 is 0 Å². The summed E-state index contributed by atoms with van der Waals surface area (Å²) in [5, 5.41) is 3.25. The van der Waals surface area contributed by atoms with Crippen molar-refractivity contribution in [1.29, 1.82) is 0 Å². The molecule has 1 aliphatic heterocycles. The maximum atomic E-state index is 5.65. The molecule has 17 heavy (non-hydrogen) atoms. The Morgan fingerprint density at radius 3 is 3.12 bits per heavy atom. The number of morpholine rings is 1. The van der Waals surface area contributed by atoms with Crippen molar-refractivity contribution in [2.75, 3.05) is 44.0 Å². The molecule has 1 aromatic rings. The van der Waals surface area contributed by atoms with E-state index in [4.69, 9.17) is 10.6 Å². The van der Waals surface area contributed by atoms with Crippen LogP contribution in [-0.2, 0) is 4.74 Å². The molecule has 0 radical (unpaired) electrons. The van der Waals surface area contributed by atoms with E-state index in [0.717, 1.165) is 32.1 Å². The number of ether oxygens (including phenoxy) is 1. The summed E-state index contributed by atoms with van der Waals surface area (Å²) in [6.45, 7) is 3.50. The Labute approximate surface area is 101 Å². The molecular weight excluding hydrogens is 218 g/mol. The van der Waals surface area contributed by atoms with Gasteiger partial charge in [-0.1, -0.05) is 6.07 Å². The van der Waals surface area contributed by atoms with E-state index in [1.54, 1.807) is 0 Å². The predicted molar refractivity (Wildman–Crippen MR) is 67.8 cm³/mol. The van der Waals surface area contributed by atoms with Crippen molar-refractivity contribution in [2.45, 2.75) is 6.10 Å². The molecule has 1 unspecified atom stereocenters. The second kappa shape index (κ2) is 5.81. The smallest absolute Gasteiger partial charge is 0.142 e. The molecule has 0 amide bonds. The molecule has 1 aliphatic rings. The lowest BCUT2D eigenvalue weighted by Gasteiger charge is -2.30. The lowest BCUT2D eigenvalue weighted by molar-refractivity contribution is -0.0117. The van der Waals surface area contributed by atoms with Gasteiger partial charge in [0.05, 0.1) is 12.7 Å². The van der Waals surface area contributed by atoms with Crippen LogP contribution < -0.4 is 16.6 Å². The van der Waals surface area contributed by atoms with Crippen LogP contribution in [0.3, 0.4) is 0 Å². The van der Waals surface area contributed by atoms with E-state index in [9.17, 15) is 0 Å². The molecule has 0 aliphatic carbocycles. The minimum atomic E-state index is 0.213. The molecule has 4 N–H and O–H groups in total. The molecule has 6 nitrogen and oxygen atoms in total. The molecule has 1 fully saturated rings. The number of anilines is 2. The Hall–Kier alpha value is -1.37. The second-order valence-electron chi connectivity index (χ2n) is 4.19. The van der Waals surface area contributed by atoms with Crippen LogP contribution in [0.25, 0.3) is 0 Å². The molecule has 2 rings (SSSR count). The maximum absolute atomic E-state index is 5.65. The first-order chi connectivity index (χ1) is 8.28. The van der Waals surface area contributed by atoms with Gasteiger partial charge in [-0.3, -0.25) is 0 Å². The van der Waals surface area contributed by atoms with E-state index in [2.05, 4.69) is 27.7 Å². The molecule has 0 bridgehead atoms. The molecule has 1 saturated heterocycles. The first-order valence-corrected chi connectivity index (χ1v) is 5.75. The third-order valence-electron chi connectivity index (χ3n) is 2.75. The molecule has 0 spiro atoms. The minimum absolute atomic E-state index is 0.213. The van der Waals surface area contributed by atoms with Crippen LogP contribution in [0.4, 0.5) is 11.6 Å². The van der Waals surface area contributed by atoms with E-state index < -0.39 is 0 Å². The summed E-state index contributed by atoms with van der Waals surface area (Å²) >= 11 is 0. The number of rotatable bonds is 4. The highest BCUT2D eigenvalue weighted by Crippen LogP contribution is 2.09. The van der Waals surface area contributed by atoms with Crippen LogP contribution in [0.5, 0.6) is 0 Å². The van der Waals surface area contributed by atoms with Gasteiger partial charge in [0.15, 0.2) is 0 Å². The Kier molecular flexibility index (Phi) is 4.13. The fourth-order valence-electron chi connectivity index (χ4n) is 1.82. The number of likely N-dealkylation sites (N-methyl/N-ethyl adjacent to an activating group) is 1. The second-order valence-corrected chi connectivity index (χ2v) is 4.19. The van der Waals surface area contributed by atoms with Crippen LogP contribution in [-0.4, -0.2) is 49.3 Å². The molecule has 0 saturated carbocycles. The van der Waals surface area contributed by atoms with Gasteiger partial charge in [0.25, 0.3) is 0 Å². The average Bonchev–Trinajstić information content (AvgIpc) is 2.37. The highest BCUT2D eigenvalue weighted by atomic mass is 16.5. The van der Waals surface area contributed by atoms with Crippen molar-refractivity contribution in [3.63, 3.8) is 0 Å². The number of hydrazine groups is 1. The Balaban J connectivity index is 1.84. The quantitative estimate of drug-likeness (QED) is 0.510. The fraction of sp³-hybridized carbons (Fsp3) is 0.545. The monoisotopic (exact) mass is 237 g/mol. The number of aromatic nitrogens is 1. The highest BCUT2D eigenvalue weighted by Gasteiger charge is 2.17. The summed E-state index contributed by atoms with van der Waals surface area (Å²) in [6.07, 6.45) is 0.213. The van der Waals surface area contributed by atoms with Gasteiger partial charge in [-0.25, -0.2) is 10.8 Å². The molecular formula is C11H19N5O. The van der Waals surface area contributed by atoms with Crippen LogP contribution >= 0.6 is 0 Å². The summed E-state index contributed by atoms with van der Waals surface area (Å²) in [4.78, 5) is 6.54. The zero-order valence-electron chi connectivity index (χ0n) is 10.0. The summed E-state index contributed by atoms with van der Waals surface area (Å²) in [6, 6.07) is 5.63. The largest absolute Gasteiger partial charge is 0.374 e. The van der Waals surface area contributed by atoms with Crippen LogP contribution in [0.15, 0.2) is 18.2 Å². The van der Waals surface area contributed by atoms with Gasteiger partial charge in [-0.05, 0) is 19.2 Å². The summed E-state index contributed by atoms with van der Waals surface area (Å²) in [5.74, 6) is 6.76. The van der Waals surface area contributed by atoms with Gasteiger partial charge in [-0.2, -0.15) is 0 Å². The van der Waals surface area contributed by atoms with Crippen molar-refractivity contribution >= 4 is 11.6 Å². The van der Waals surface area contributed by atoms with Crippen molar-refractivity contribution in [1.82, 2.24) is 9.88 Å². The number of nitrogens with zero attached hydrogens (tertiary/aromatic N) is 2. The first kappa shape index (κ1) is 12.1.